The number of para-hydroxylation sites is 2. The van der Waals surface area contributed by atoms with Gasteiger partial charge in [-0.25, -0.2) is 15.0 Å². The van der Waals surface area contributed by atoms with Crippen molar-refractivity contribution in [2.45, 2.75) is 0 Å². The Bertz CT molecular complexity index is 3880. The van der Waals surface area contributed by atoms with Gasteiger partial charge < -0.3 is 8.98 Å². The van der Waals surface area contributed by atoms with Crippen LogP contribution in [0.2, 0.25) is 0 Å². The van der Waals surface area contributed by atoms with Gasteiger partial charge in [0.05, 0.1) is 22.3 Å². The molecule has 0 radical (unpaired) electrons. The fourth-order valence-corrected chi connectivity index (χ4v) is 10.2. The molecule has 284 valence electrons. The molecule has 0 unspecified atom stereocenters. The van der Waals surface area contributed by atoms with Crippen LogP contribution in [0.1, 0.15) is 0 Å². The first-order valence-electron chi connectivity index (χ1n) is 20.4. The molecule has 6 heteroatoms. The number of furan rings is 1. The Hall–Kier alpha value is -7.93. The Balaban J connectivity index is 1.12. The van der Waals surface area contributed by atoms with Gasteiger partial charge in [-0.3, -0.25) is 0 Å². The van der Waals surface area contributed by atoms with Crippen LogP contribution in [0.5, 0.6) is 0 Å². The van der Waals surface area contributed by atoms with Gasteiger partial charge >= 0.3 is 0 Å². The lowest BCUT2D eigenvalue weighted by molar-refractivity contribution is 0.669. The van der Waals surface area contributed by atoms with E-state index in [0.29, 0.717) is 17.5 Å². The third-order valence-corrected chi connectivity index (χ3v) is 13.2. The predicted octanol–water partition coefficient (Wildman–Crippen LogP) is 15.1. The maximum atomic E-state index is 6.91. The first kappa shape index (κ1) is 34.0. The van der Waals surface area contributed by atoms with Crippen molar-refractivity contribution in [3.63, 3.8) is 0 Å². The number of fused-ring (bicyclic) bond motifs is 10. The average Bonchev–Trinajstić information content (AvgIpc) is 4.00. The molecule has 0 aliphatic rings. The number of rotatable bonds is 5. The van der Waals surface area contributed by atoms with Crippen molar-refractivity contribution >= 4 is 86.0 Å². The summed E-state index contributed by atoms with van der Waals surface area (Å²) in [6.45, 7) is 0. The minimum Gasteiger partial charge on any atom is -0.455 e. The van der Waals surface area contributed by atoms with Crippen LogP contribution in [0.15, 0.2) is 199 Å². The van der Waals surface area contributed by atoms with E-state index >= 15 is 0 Å². The lowest BCUT2D eigenvalue weighted by Crippen LogP contribution is -2.04. The lowest BCUT2D eigenvalue weighted by Gasteiger charge is -2.15. The molecule has 0 amide bonds. The third kappa shape index (κ3) is 5.36. The van der Waals surface area contributed by atoms with Gasteiger partial charge in [0.2, 0.25) is 0 Å². The molecule has 9 aromatic carbocycles. The van der Waals surface area contributed by atoms with Gasteiger partial charge in [-0.1, -0.05) is 133 Å². The molecule has 0 N–H and O–H groups in total. The molecule has 61 heavy (non-hydrogen) atoms. The highest BCUT2D eigenvalue weighted by molar-refractivity contribution is 7.25. The zero-order valence-electron chi connectivity index (χ0n) is 32.6. The van der Waals surface area contributed by atoms with Crippen LogP contribution in [-0.4, -0.2) is 19.5 Å². The summed E-state index contributed by atoms with van der Waals surface area (Å²) < 4.78 is 11.8. The highest BCUT2D eigenvalue weighted by Gasteiger charge is 2.25. The highest BCUT2D eigenvalue weighted by atomic mass is 32.1. The van der Waals surface area contributed by atoms with Crippen molar-refractivity contribution in [2.24, 2.45) is 0 Å². The number of benzene rings is 9. The fourth-order valence-electron chi connectivity index (χ4n) is 9.15. The van der Waals surface area contributed by atoms with Crippen LogP contribution >= 0.6 is 11.3 Å². The number of hydrogen-bond acceptors (Lipinski definition) is 5. The van der Waals surface area contributed by atoms with E-state index in [1.807, 2.05) is 18.2 Å². The molecule has 0 bridgehead atoms. The molecular weight excluding hydrogens is 765 g/mol. The van der Waals surface area contributed by atoms with Crippen molar-refractivity contribution in [1.29, 1.82) is 0 Å². The molecule has 0 saturated carbocycles. The Labute approximate surface area is 353 Å². The summed E-state index contributed by atoms with van der Waals surface area (Å²) in [7, 11) is 0. The average molecular weight is 797 g/mol. The Morgan fingerprint density at radius 3 is 1.85 bits per heavy atom. The Kier molecular flexibility index (Phi) is 7.41. The summed E-state index contributed by atoms with van der Waals surface area (Å²) in [4.78, 5) is 16.1. The van der Waals surface area contributed by atoms with Crippen molar-refractivity contribution < 1.29 is 4.42 Å². The third-order valence-electron chi connectivity index (χ3n) is 12.1. The summed E-state index contributed by atoms with van der Waals surface area (Å²) in [5.41, 5.74) is 9.55. The molecular formula is C55H32N4OS. The Morgan fingerprint density at radius 1 is 0.377 bits per heavy atom. The molecule has 0 fully saturated rings. The number of aromatic nitrogens is 4. The molecule has 0 aliphatic heterocycles. The van der Waals surface area contributed by atoms with E-state index in [0.717, 1.165) is 66.5 Å². The molecule has 4 aromatic heterocycles. The summed E-state index contributed by atoms with van der Waals surface area (Å²) in [5, 5.41) is 9.18. The largest absolute Gasteiger partial charge is 0.455 e. The molecule has 5 nitrogen and oxygen atoms in total. The van der Waals surface area contributed by atoms with E-state index < -0.39 is 0 Å². The quantitative estimate of drug-likeness (QED) is 0.174. The smallest absolute Gasteiger partial charge is 0.170 e. The van der Waals surface area contributed by atoms with Crippen LogP contribution in [0, 0.1) is 0 Å². The van der Waals surface area contributed by atoms with Crippen molar-refractivity contribution in [3.8, 4) is 51.0 Å². The maximum Gasteiger partial charge on any atom is 0.170 e. The normalized spacial score (nSPS) is 11.9. The highest BCUT2D eigenvalue weighted by Crippen LogP contribution is 2.44. The monoisotopic (exact) mass is 796 g/mol. The van der Waals surface area contributed by atoms with Crippen LogP contribution in [-0.2, 0) is 0 Å². The van der Waals surface area contributed by atoms with Crippen molar-refractivity contribution in [3.05, 3.63) is 194 Å². The second-order valence-corrected chi connectivity index (χ2v) is 16.6. The molecule has 4 heterocycles. The van der Waals surface area contributed by atoms with E-state index in [2.05, 4.69) is 180 Å². The lowest BCUT2D eigenvalue weighted by atomic mass is 10.0. The standard InChI is InChI=1S/C55H32N4OS/c1-2-12-33(13-3-1)34-22-24-35(25-23-34)53-56-54(38-26-29-50-44(31-38)41-18-8-11-21-49(41)61-50)58-55(57-53)51-46(28-27-42-40-17-7-10-20-48(40)60-52(42)51)59-45-19-9-6-16-39(45)43-30-36-14-4-5-15-37(36)32-47(43)59/h1-32H. The topological polar surface area (TPSA) is 56.7 Å². The van der Waals surface area contributed by atoms with E-state index in [4.69, 9.17) is 19.4 Å². The number of thiophene rings is 1. The first-order valence-corrected chi connectivity index (χ1v) is 21.2. The van der Waals surface area contributed by atoms with E-state index in [-0.39, 0.29) is 0 Å². The van der Waals surface area contributed by atoms with Crippen LogP contribution in [0.4, 0.5) is 0 Å². The van der Waals surface area contributed by atoms with E-state index in [9.17, 15) is 0 Å². The maximum absolute atomic E-state index is 6.91. The summed E-state index contributed by atoms with van der Waals surface area (Å²) in [5.74, 6) is 1.72. The molecule has 0 saturated heterocycles. The summed E-state index contributed by atoms with van der Waals surface area (Å²) >= 11 is 1.80. The number of hydrogen-bond donors (Lipinski definition) is 0. The molecule has 0 aliphatic carbocycles. The van der Waals surface area contributed by atoms with Crippen molar-refractivity contribution in [1.82, 2.24) is 19.5 Å². The summed E-state index contributed by atoms with van der Waals surface area (Å²) in [6.07, 6.45) is 0. The van der Waals surface area contributed by atoms with E-state index in [1.165, 1.54) is 41.7 Å². The molecule has 13 aromatic rings. The van der Waals surface area contributed by atoms with Gasteiger partial charge in [-0.05, 0) is 82.6 Å². The van der Waals surface area contributed by atoms with Crippen LogP contribution < -0.4 is 0 Å². The minimum absolute atomic E-state index is 0.536. The summed E-state index contributed by atoms with van der Waals surface area (Å²) in [6, 6.07) is 68.5. The zero-order valence-corrected chi connectivity index (χ0v) is 33.4. The molecule has 0 spiro atoms. The molecule has 0 atom stereocenters. The van der Waals surface area contributed by atoms with Gasteiger partial charge in [0.1, 0.15) is 11.2 Å². The number of nitrogens with zero attached hydrogens (tertiary/aromatic N) is 4. The van der Waals surface area contributed by atoms with Crippen LogP contribution in [0.25, 0.3) is 126 Å². The molecule has 13 rings (SSSR count). The van der Waals surface area contributed by atoms with Gasteiger partial charge in [0.25, 0.3) is 0 Å². The Morgan fingerprint density at radius 2 is 1.00 bits per heavy atom. The zero-order chi connectivity index (χ0) is 40.0. The fraction of sp³-hybridized carbons (Fsp3) is 0. The van der Waals surface area contributed by atoms with Crippen molar-refractivity contribution in [2.75, 3.05) is 0 Å². The van der Waals surface area contributed by atoms with Gasteiger partial charge in [-0.15, -0.1) is 11.3 Å². The first-order chi connectivity index (χ1) is 30.2. The van der Waals surface area contributed by atoms with Crippen LogP contribution in [0.3, 0.4) is 0 Å². The predicted molar refractivity (Wildman–Crippen MR) is 254 cm³/mol. The minimum atomic E-state index is 0.536. The van der Waals surface area contributed by atoms with Gasteiger partial charge in [0.15, 0.2) is 17.5 Å². The van der Waals surface area contributed by atoms with E-state index in [1.54, 1.807) is 11.3 Å². The van der Waals surface area contributed by atoms with Gasteiger partial charge in [0, 0.05) is 52.8 Å². The van der Waals surface area contributed by atoms with Gasteiger partial charge in [-0.2, -0.15) is 0 Å². The SMILES string of the molecule is c1ccc(-c2ccc(-c3nc(-c4ccc5sc6ccccc6c5c4)nc(-c4c(-n5c6ccccc6c6cc7ccccc7cc65)ccc5c4oc4ccccc45)n3)cc2)cc1. The second-order valence-electron chi connectivity index (χ2n) is 15.6. The second kappa shape index (κ2) is 13.3.